The predicted octanol–water partition coefficient (Wildman–Crippen LogP) is -0.557. The van der Waals surface area contributed by atoms with E-state index in [2.05, 4.69) is 0 Å². The molecule has 2 heterocycles. The van der Waals surface area contributed by atoms with Gasteiger partial charge in [-0.3, -0.25) is 9.59 Å². The summed E-state index contributed by atoms with van der Waals surface area (Å²) in [6, 6.07) is -4.14. The van der Waals surface area contributed by atoms with E-state index in [9.17, 15) is 27.6 Å². The van der Waals surface area contributed by atoms with Gasteiger partial charge in [-0.1, -0.05) is 0 Å². The molecule has 1 N–H and O–H groups in total. The molecule has 2 rings (SSSR count). The number of rotatable bonds is 2. The van der Waals surface area contributed by atoms with Gasteiger partial charge in [-0.25, -0.2) is 9.69 Å². The van der Waals surface area contributed by atoms with Crippen LogP contribution in [0.15, 0.2) is 0 Å². The van der Waals surface area contributed by atoms with Crippen LogP contribution in [0.4, 0.5) is 13.2 Å². The van der Waals surface area contributed by atoms with E-state index in [1.54, 1.807) is 0 Å². The van der Waals surface area contributed by atoms with Gasteiger partial charge in [-0.15, -0.1) is 0 Å². The SMILES string of the molecule is CN(C1C(=O)N2C(C(=O)O)C(=O)CC12)C(F)(F)F. The Kier molecular flexibility index (Phi) is 2.61. The zero-order chi connectivity index (χ0) is 13.8. The number of carbonyl (C=O) groups excluding carboxylic acids is 2. The van der Waals surface area contributed by atoms with Crippen molar-refractivity contribution >= 4 is 17.7 Å². The standard InChI is InChI=1S/C9H9F3N2O4/c1-13(9(10,11)12)5-3-2-4(15)6(8(17)18)14(3)7(5)16/h3,5-6H,2H2,1H3,(H,17,18). The van der Waals surface area contributed by atoms with Crippen LogP contribution in [0.5, 0.6) is 0 Å². The number of nitrogens with zero attached hydrogens (tertiary/aromatic N) is 2. The van der Waals surface area contributed by atoms with E-state index in [4.69, 9.17) is 5.11 Å². The number of hydrogen-bond acceptors (Lipinski definition) is 4. The molecule has 0 aromatic rings. The Labute approximate surface area is 98.9 Å². The van der Waals surface area contributed by atoms with Crippen molar-refractivity contribution in [2.45, 2.75) is 30.8 Å². The van der Waals surface area contributed by atoms with Crippen molar-refractivity contribution in [2.24, 2.45) is 0 Å². The third-order valence-corrected chi connectivity index (χ3v) is 3.27. The molecule has 9 heteroatoms. The Balaban J connectivity index is 2.22. The molecule has 1 amide bonds. The fourth-order valence-electron chi connectivity index (χ4n) is 2.39. The molecule has 2 aliphatic heterocycles. The summed E-state index contributed by atoms with van der Waals surface area (Å²) < 4.78 is 37.4. The lowest BCUT2D eigenvalue weighted by atomic mass is 9.95. The lowest BCUT2D eigenvalue weighted by Gasteiger charge is -2.47. The number of halogens is 3. The van der Waals surface area contributed by atoms with Crippen LogP contribution >= 0.6 is 0 Å². The molecule has 6 nitrogen and oxygen atoms in total. The normalized spacial score (nSPS) is 31.6. The minimum atomic E-state index is -4.70. The molecule has 0 aromatic heterocycles. The number of β-lactam (4-membered cyclic amide) rings is 1. The first-order valence-electron chi connectivity index (χ1n) is 5.03. The highest BCUT2D eigenvalue weighted by atomic mass is 19.4. The second kappa shape index (κ2) is 3.67. The van der Waals surface area contributed by atoms with Gasteiger partial charge in [0.1, 0.15) is 6.04 Å². The molecule has 2 aliphatic rings. The highest BCUT2D eigenvalue weighted by molar-refractivity contribution is 6.11. The monoisotopic (exact) mass is 266 g/mol. The van der Waals surface area contributed by atoms with Crippen molar-refractivity contribution in [3.8, 4) is 0 Å². The number of carbonyl (C=O) groups is 3. The highest BCUT2D eigenvalue weighted by Gasteiger charge is 2.63. The summed E-state index contributed by atoms with van der Waals surface area (Å²) in [4.78, 5) is 34.3. The highest BCUT2D eigenvalue weighted by Crippen LogP contribution is 2.39. The Morgan fingerprint density at radius 2 is 2.00 bits per heavy atom. The molecule has 0 spiro atoms. The first-order chi connectivity index (χ1) is 8.16. The molecular weight excluding hydrogens is 257 g/mol. The van der Waals surface area contributed by atoms with Crippen LogP contribution in [0.2, 0.25) is 0 Å². The lowest BCUT2D eigenvalue weighted by molar-refractivity contribution is -0.262. The van der Waals surface area contributed by atoms with Crippen LogP contribution in [-0.2, 0) is 14.4 Å². The van der Waals surface area contributed by atoms with E-state index < -0.39 is 42.1 Å². The Hall–Kier alpha value is -1.64. The summed E-state index contributed by atoms with van der Waals surface area (Å²) >= 11 is 0. The van der Waals surface area contributed by atoms with Crippen molar-refractivity contribution in [2.75, 3.05) is 7.05 Å². The number of alkyl halides is 3. The summed E-state index contributed by atoms with van der Waals surface area (Å²) in [7, 11) is 0.707. The molecule has 0 saturated carbocycles. The van der Waals surface area contributed by atoms with Crippen LogP contribution in [0.1, 0.15) is 6.42 Å². The van der Waals surface area contributed by atoms with Crippen molar-refractivity contribution in [3.05, 3.63) is 0 Å². The molecule has 0 aliphatic carbocycles. The maximum Gasteiger partial charge on any atom is 0.460 e. The predicted molar refractivity (Wildman–Crippen MR) is 49.3 cm³/mol. The van der Waals surface area contributed by atoms with Crippen molar-refractivity contribution in [3.63, 3.8) is 0 Å². The second-order valence-corrected chi connectivity index (χ2v) is 4.25. The van der Waals surface area contributed by atoms with Crippen LogP contribution in [-0.4, -0.2) is 64.0 Å². The number of fused-ring (bicyclic) bond motifs is 1. The molecule has 3 unspecified atom stereocenters. The molecule has 18 heavy (non-hydrogen) atoms. The van der Waals surface area contributed by atoms with Gasteiger partial charge in [0.25, 0.3) is 0 Å². The molecule has 0 radical (unpaired) electrons. The van der Waals surface area contributed by atoms with E-state index in [0.29, 0.717) is 7.05 Å². The van der Waals surface area contributed by atoms with Crippen LogP contribution in [0.3, 0.4) is 0 Å². The van der Waals surface area contributed by atoms with Crippen molar-refractivity contribution < 1.29 is 32.7 Å². The summed E-state index contributed by atoms with van der Waals surface area (Å²) in [6.45, 7) is 0. The first kappa shape index (κ1) is 12.8. The van der Waals surface area contributed by atoms with Crippen molar-refractivity contribution in [1.29, 1.82) is 0 Å². The Bertz CT molecular complexity index is 436. The van der Waals surface area contributed by atoms with Gasteiger partial charge in [0.15, 0.2) is 11.8 Å². The average Bonchev–Trinajstić information content (AvgIpc) is 2.51. The van der Waals surface area contributed by atoms with E-state index in [-0.39, 0.29) is 11.3 Å². The molecule has 0 aromatic carbocycles. The summed E-state index contributed by atoms with van der Waals surface area (Å²) in [5.74, 6) is -3.22. The van der Waals surface area contributed by atoms with E-state index in [1.165, 1.54) is 0 Å². The largest absolute Gasteiger partial charge is 0.479 e. The minimum absolute atomic E-state index is 0.0893. The zero-order valence-corrected chi connectivity index (χ0v) is 9.14. The second-order valence-electron chi connectivity index (χ2n) is 4.25. The van der Waals surface area contributed by atoms with Crippen LogP contribution in [0, 0.1) is 0 Å². The van der Waals surface area contributed by atoms with Gasteiger partial charge < -0.3 is 10.0 Å². The summed E-state index contributed by atoms with van der Waals surface area (Å²) in [6.07, 6.45) is -5.05. The van der Waals surface area contributed by atoms with Crippen LogP contribution in [0.25, 0.3) is 0 Å². The van der Waals surface area contributed by atoms with Gasteiger partial charge in [-0.2, -0.15) is 13.2 Å². The maximum atomic E-state index is 12.5. The van der Waals surface area contributed by atoms with Crippen LogP contribution < -0.4 is 0 Å². The quantitative estimate of drug-likeness (QED) is 0.412. The number of Topliss-reactive ketones (excluding diaryl/α,β-unsaturated/α-hetero) is 1. The number of carboxylic acids is 1. The van der Waals surface area contributed by atoms with Gasteiger partial charge in [0.2, 0.25) is 5.91 Å². The minimum Gasteiger partial charge on any atom is -0.479 e. The Morgan fingerprint density at radius 1 is 1.44 bits per heavy atom. The third-order valence-electron chi connectivity index (χ3n) is 3.27. The number of likely N-dealkylation sites (N-methyl/N-ethyl adjacent to an activating group) is 1. The average molecular weight is 266 g/mol. The van der Waals surface area contributed by atoms with E-state index in [0.717, 1.165) is 4.90 Å². The molecule has 3 atom stereocenters. The zero-order valence-electron chi connectivity index (χ0n) is 9.14. The fourth-order valence-corrected chi connectivity index (χ4v) is 2.39. The van der Waals surface area contributed by atoms with Gasteiger partial charge in [0.05, 0.1) is 6.04 Å². The van der Waals surface area contributed by atoms with E-state index in [1.807, 2.05) is 0 Å². The number of aliphatic carboxylic acids is 1. The fraction of sp³-hybridized carbons (Fsp3) is 0.667. The third kappa shape index (κ3) is 1.57. The van der Waals surface area contributed by atoms with Gasteiger partial charge >= 0.3 is 12.3 Å². The molecule has 2 saturated heterocycles. The molecule has 0 bridgehead atoms. The lowest BCUT2D eigenvalue weighted by Crippen LogP contribution is -2.71. The van der Waals surface area contributed by atoms with E-state index >= 15 is 0 Å². The topological polar surface area (TPSA) is 77.9 Å². The van der Waals surface area contributed by atoms with Gasteiger partial charge in [-0.05, 0) is 7.05 Å². The number of ketones is 1. The van der Waals surface area contributed by atoms with Crippen molar-refractivity contribution in [1.82, 2.24) is 9.80 Å². The molecule has 100 valence electrons. The summed E-state index contributed by atoms with van der Waals surface area (Å²) in [5.41, 5.74) is 0. The summed E-state index contributed by atoms with van der Waals surface area (Å²) in [5, 5.41) is 8.76. The number of amides is 1. The van der Waals surface area contributed by atoms with Gasteiger partial charge in [0, 0.05) is 6.42 Å². The number of carboxylic acid groups (broad SMARTS) is 1. The Morgan fingerprint density at radius 3 is 2.44 bits per heavy atom. The molecular formula is C9H9F3N2O4. The number of hydrogen-bond donors (Lipinski definition) is 1. The maximum absolute atomic E-state index is 12.5. The smallest absolute Gasteiger partial charge is 0.460 e. The first-order valence-corrected chi connectivity index (χ1v) is 5.03. The molecule has 2 fully saturated rings.